The van der Waals surface area contributed by atoms with Gasteiger partial charge >= 0.3 is 12.1 Å². The highest BCUT2D eigenvalue weighted by Gasteiger charge is 2.27. The fraction of sp³-hybridized carbons (Fsp3) is 0.333. The largest absolute Gasteiger partial charge is 0.480 e. The van der Waals surface area contributed by atoms with Crippen molar-refractivity contribution in [3.63, 3.8) is 0 Å². The van der Waals surface area contributed by atoms with E-state index in [0.717, 1.165) is 11.1 Å². The van der Waals surface area contributed by atoms with Gasteiger partial charge in [-0.05, 0) is 36.5 Å². The van der Waals surface area contributed by atoms with E-state index in [1.807, 2.05) is 6.07 Å². The molecule has 0 heterocycles. The van der Waals surface area contributed by atoms with E-state index < -0.39 is 78.9 Å². The molecule has 11 N–H and O–H groups in total. The number of hydrogen-bond donors (Lipinski definition) is 10. The van der Waals surface area contributed by atoms with Gasteiger partial charge in [-0.1, -0.05) is 91.0 Å². The van der Waals surface area contributed by atoms with E-state index in [4.69, 9.17) is 15.9 Å². The molecule has 4 atom stereocenters. The van der Waals surface area contributed by atoms with Crippen molar-refractivity contribution in [1.82, 2.24) is 37.2 Å². The zero-order chi connectivity index (χ0) is 41.6. The van der Waals surface area contributed by atoms with Crippen LogP contribution in [0.5, 0.6) is 0 Å². The minimum atomic E-state index is -1.29. The van der Waals surface area contributed by atoms with E-state index in [0.29, 0.717) is 5.56 Å². The number of benzene rings is 3. The number of ether oxygens (including phenoxy) is 1. The van der Waals surface area contributed by atoms with E-state index in [9.17, 15) is 38.7 Å². The molecule has 0 saturated carbocycles. The van der Waals surface area contributed by atoms with Gasteiger partial charge in [0.2, 0.25) is 29.5 Å². The lowest BCUT2D eigenvalue weighted by Crippen LogP contribution is -2.55. The number of hydrogen-bond acceptors (Lipinski definition) is 9. The molecule has 0 aromatic heterocycles. The molecule has 3 rings (SSSR count). The molecule has 0 saturated heterocycles. The summed E-state index contributed by atoms with van der Waals surface area (Å²) in [5, 5.41) is 34.0. The Morgan fingerprint density at radius 2 is 1.11 bits per heavy atom. The number of carbonyl (C=O) groups excluding carboxylic acids is 6. The molecule has 0 fully saturated rings. The SMILES string of the molecule is C[C@H](NC(=O)[C@H](Cc1ccccc1)NC(=O)OCc1ccccc1)C(=O)NCC(=O)N[C@@H](Cc1ccccc1)C(=O)NCC(=O)N[C@@H](CCCNC(=N)N)C(=O)O. The summed E-state index contributed by atoms with van der Waals surface area (Å²) in [4.78, 5) is 89.3. The highest BCUT2D eigenvalue weighted by Crippen LogP contribution is 2.07. The average molecular weight is 788 g/mol. The second kappa shape index (κ2) is 23.7. The number of rotatable bonds is 22. The van der Waals surface area contributed by atoms with Crippen molar-refractivity contribution in [2.24, 2.45) is 5.73 Å². The van der Waals surface area contributed by atoms with E-state index in [2.05, 4.69) is 37.2 Å². The summed E-state index contributed by atoms with van der Waals surface area (Å²) in [5.74, 6) is -5.24. The van der Waals surface area contributed by atoms with Gasteiger partial charge in [-0.2, -0.15) is 0 Å². The Hall–Kier alpha value is -6.98. The smallest absolute Gasteiger partial charge is 0.408 e. The standard InChI is InChI=1S/C39H49N9O9/c1-25(45-36(53)31(21-27-14-7-3-8-15-27)48-39(56)57-24-28-16-9-4-10-17-28)34(51)43-22-33(50)47-30(20-26-12-5-2-6-13-26)35(52)44-23-32(49)46-29(37(54)55)18-11-19-42-38(40)41/h2-10,12-17,25,29-31H,11,18-24H2,1H3,(H,43,51)(H,44,52)(H,45,53)(H,46,49)(H,47,50)(H,48,56)(H,54,55)(H4,40,41,42)/t25-,29-,30-,31-/m0/s1. The molecule has 304 valence electrons. The van der Waals surface area contributed by atoms with Gasteiger partial charge in [0.1, 0.15) is 30.8 Å². The van der Waals surface area contributed by atoms with Gasteiger partial charge in [0.15, 0.2) is 5.96 Å². The van der Waals surface area contributed by atoms with Gasteiger partial charge in [-0.3, -0.25) is 29.4 Å². The predicted molar refractivity (Wildman–Crippen MR) is 208 cm³/mol. The Balaban J connectivity index is 1.55. The van der Waals surface area contributed by atoms with Gasteiger partial charge in [-0.25, -0.2) is 9.59 Å². The molecule has 0 radical (unpaired) electrons. The summed E-state index contributed by atoms with van der Waals surface area (Å²) in [5.41, 5.74) is 7.38. The van der Waals surface area contributed by atoms with Crippen molar-refractivity contribution in [3.05, 3.63) is 108 Å². The Bertz CT molecular complexity index is 1820. The number of carboxylic acids is 1. The van der Waals surface area contributed by atoms with Crippen LogP contribution in [-0.4, -0.2) is 96.5 Å². The van der Waals surface area contributed by atoms with Crippen molar-refractivity contribution >= 4 is 47.6 Å². The highest BCUT2D eigenvalue weighted by atomic mass is 16.5. The normalized spacial score (nSPS) is 12.6. The first-order valence-corrected chi connectivity index (χ1v) is 18.1. The van der Waals surface area contributed by atoms with Crippen LogP contribution in [0.1, 0.15) is 36.5 Å². The van der Waals surface area contributed by atoms with Crippen molar-refractivity contribution in [2.45, 2.75) is 63.4 Å². The van der Waals surface area contributed by atoms with Crippen LogP contribution in [0.3, 0.4) is 0 Å². The monoisotopic (exact) mass is 787 g/mol. The van der Waals surface area contributed by atoms with Crippen molar-refractivity contribution in [3.8, 4) is 0 Å². The number of guanidine groups is 1. The van der Waals surface area contributed by atoms with Crippen molar-refractivity contribution in [1.29, 1.82) is 5.41 Å². The van der Waals surface area contributed by atoms with Crippen LogP contribution in [0.4, 0.5) is 4.79 Å². The maximum absolute atomic E-state index is 13.3. The maximum Gasteiger partial charge on any atom is 0.408 e. The van der Waals surface area contributed by atoms with E-state index in [1.165, 1.54) is 6.92 Å². The molecular formula is C39H49N9O9. The van der Waals surface area contributed by atoms with E-state index in [-0.39, 0.29) is 44.8 Å². The summed E-state index contributed by atoms with van der Waals surface area (Å²) >= 11 is 0. The summed E-state index contributed by atoms with van der Waals surface area (Å²) in [6.07, 6.45) is -0.404. The zero-order valence-electron chi connectivity index (χ0n) is 31.4. The quantitative estimate of drug-likeness (QED) is 0.0362. The predicted octanol–water partition coefficient (Wildman–Crippen LogP) is -0.179. The molecule has 3 aromatic rings. The lowest BCUT2D eigenvalue weighted by molar-refractivity contribution is -0.142. The summed E-state index contributed by atoms with van der Waals surface area (Å²) in [6.45, 7) is 0.434. The first kappa shape index (κ1) is 44.4. The zero-order valence-corrected chi connectivity index (χ0v) is 31.4. The van der Waals surface area contributed by atoms with E-state index in [1.54, 1.807) is 84.9 Å². The van der Waals surface area contributed by atoms with Crippen LogP contribution in [0.15, 0.2) is 91.0 Å². The number of carboxylic acid groups (broad SMARTS) is 1. The maximum atomic E-state index is 13.3. The molecule has 0 aliphatic carbocycles. The molecule has 6 amide bonds. The van der Waals surface area contributed by atoms with Gasteiger partial charge < -0.3 is 52.8 Å². The topological polar surface area (TPSA) is 283 Å². The second-order valence-corrected chi connectivity index (χ2v) is 12.9. The molecule has 0 bridgehead atoms. The minimum absolute atomic E-state index is 0.0188. The summed E-state index contributed by atoms with van der Waals surface area (Å²) < 4.78 is 5.29. The Labute approximate surface area is 329 Å². The third-order valence-electron chi connectivity index (χ3n) is 8.26. The Kier molecular flexibility index (Phi) is 18.5. The number of aliphatic carboxylic acids is 1. The molecule has 0 unspecified atom stereocenters. The van der Waals surface area contributed by atoms with Crippen LogP contribution >= 0.6 is 0 Å². The molecule has 0 spiro atoms. The molecule has 0 aliphatic rings. The number of alkyl carbamates (subject to hydrolysis) is 1. The fourth-order valence-corrected chi connectivity index (χ4v) is 5.29. The number of nitrogens with two attached hydrogens (primary N) is 1. The van der Waals surface area contributed by atoms with Crippen molar-refractivity contribution in [2.75, 3.05) is 19.6 Å². The van der Waals surface area contributed by atoms with Crippen LogP contribution < -0.4 is 43.0 Å². The van der Waals surface area contributed by atoms with Gasteiger partial charge in [0, 0.05) is 19.4 Å². The molecule has 18 heteroatoms. The summed E-state index contributed by atoms with van der Waals surface area (Å²) in [6, 6.07) is 21.9. The first-order chi connectivity index (χ1) is 27.3. The minimum Gasteiger partial charge on any atom is -0.480 e. The lowest BCUT2D eigenvalue weighted by Gasteiger charge is -2.22. The first-order valence-electron chi connectivity index (χ1n) is 18.1. The van der Waals surface area contributed by atoms with Crippen LogP contribution in [0, 0.1) is 5.41 Å². The number of amides is 6. The van der Waals surface area contributed by atoms with Crippen LogP contribution in [-0.2, 0) is 53.0 Å². The molecular weight excluding hydrogens is 738 g/mol. The molecule has 3 aromatic carbocycles. The van der Waals surface area contributed by atoms with E-state index >= 15 is 0 Å². The average Bonchev–Trinajstić information content (AvgIpc) is 3.19. The Morgan fingerprint density at radius 1 is 0.632 bits per heavy atom. The molecule has 0 aliphatic heterocycles. The highest BCUT2D eigenvalue weighted by molar-refractivity contribution is 5.95. The van der Waals surface area contributed by atoms with Crippen molar-refractivity contribution < 1.29 is 43.4 Å². The molecule has 18 nitrogen and oxygen atoms in total. The lowest BCUT2D eigenvalue weighted by atomic mass is 10.0. The van der Waals surface area contributed by atoms with Crippen LogP contribution in [0.25, 0.3) is 0 Å². The third-order valence-corrected chi connectivity index (χ3v) is 8.26. The van der Waals surface area contributed by atoms with Gasteiger partial charge in [0.25, 0.3) is 0 Å². The second-order valence-electron chi connectivity index (χ2n) is 12.9. The number of nitrogens with one attached hydrogen (secondary N) is 8. The van der Waals surface area contributed by atoms with Crippen LogP contribution in [0.2, 0.25) is 0 Å². The Morgan fingerprint density at radius 3 is 1.61 bits per heavy atom. The number of carbonyl (C=O) groups is 7. The fourth-order valence-electron chi connectivity index (χ4n) is 5.29. The molecule has 57 heavy (non-hydrogen) atoms. The summed E-state index contributed by atoms with van der Waals surface area (Å²) in [7, 11) is 0. The van der Waals surface area contributed by atoms with Gasteiger partial charge in [0.05, 0.1) is 13.1 Å². The van der Waals surface area contributed by atoms with Gasteiger partial charge in [-0.15, -0.1) is 0 Å². The third kappa shape index (κ3) is 17.4.